The Bertz CT molecular complexity index is 1440. The Balaban J connectivity index is 2.09. The number of halogens is 2. The molecule has 40 heavy (non-hydrogen) atoms. The van der Waals surface area contributed by atoms with Crippen LogP contribution in [-0.4, -0.2) is 50.0 Å². The van der Waals surface area contributed by atoms with Gasteiger partial charge >= 0.3 is 0 Å². The lowest BCUT2D eigenvalue weighted by molar-refractivity contribution is -0.140. The molecule has 2 atom stereocenters. The molecule has 0 spiro atoms. The minimum absolute atomic E-state index is 0.155. The topological polar surface area (TPSA) is 86.8 Å². The van der Waals surface area contributed by atoms with Gasteiger partial charge in [-0.3, -0.25) is 13.9 Å². The van der Waals surface area contributed by atoms with Crippen LogP contribution >= 0.6 is 11.6 Å². The van der Waals surface area contributed by atoms with E-state index in [4.69, 9.17) is 11.6 Å². The molecule has 0 aromatic heterocycles. The van der Waals surface area contributed by atoms with E-state index in [1.165, 1.54) is 23.1 Å². The zero-order valence-electron chi connectivity index (χ0n) is 23.1. The highest BCUT2D eigenvalue weighted by molar-refractivity contribution is 7.92. The number of hydrogen-bond donors (Lipinski definition) is 1. The molecule has 0 aliphatic heterocycles. The lowest BCUT2D eigenvalue weighted by atomic mass is 10.0. The molecule has 0 heterocycles. The van der Waals surface area contributed by atoms with E-state index in [9.17, 15) is 22.4 Å². The first-order valence-electron chi connectivity index (χ1n) is 13.0. The van der Waals surface area contributed by atoms with Gasteiger partial charge in [-0.05, 0) is 55.7 Å². The van der Waals surface area contributed by atoms with Gasteiger partial charge in [0, 0.05) is 29.6 Å². The third-order valence-corrected chi connectivity index (χ3v) is 8.04. The van der Waals surface area contributed by atoms with Gasteiger partial charge in [0.25, 0.3) is 0 Å². The molecule has 0 aliphatic carbocycles. The summed E-state index contributed by atoms with van der Waals surface area (Å²) in [6.45, 7) is 4.66. The summed E-state index contributed by atoms with van der Waals surface area (Å²) in [6.07, 6.45) is 1.83. The Morgan fingerprint density at radius 3 is 2.27 bits per heavy atom. The van der Waals surface area contributed by atoms with E-state index in [0.717, 1.165) is 16.1 Å². The molecule has 0 saturated heterocycles. The van der Waals surface area contributed by atoms with E-state index in [2.05, 4.69) is 5.32 Å². The van der Waals surface area contributed by atoms with Crippen molar-refractivity contribution in [1.82, 2.24) is 10.2 Å². The maximum atomic E-state index is 14.8. The van der Waals surface area contributed by atoms with Crippen LogP contribution in [0.3, 0.4) is 0 Å². The predicted molar refractivity (Wildman–Crippen MR) is 157 cm³/mol. The molecule has 3 rings (SSSR count). The lowest BCUT2D eigenvalue weighted by Gasteiger charge is -2.34. The molecule has 0 aliphatic rings. The molecule has 0 bridgehead atoms. The number of nitrogens with one attached hydrogen (secondary N) is 1. The summed E-state index contributed by atoms with van der Waals surface area (Å²) in [5.74, 6) is -1.59. The molecule has 0 unspecified atom stereocenters. The van der Waals surface area contributed by atoms with Gasteiger partial charge in [-0.1, -0.05) is 67.1 Å². The standard InChI is InChI=1S/C30H35ClFN3O4S/c1-5-22(3)33-30(37)28(18-23-11-7-6-8-12-23)34(19-24-13-9-10-14-26(24)32)29(36)20-35(40(4,38)39)27-16-15-25(31)17-21(27)2/h6-17,22,28H,5,18-20H2,1-4H3,(H,33,37)/t22-,28-/m0/s1. The summed E-state index contributed by atoms with van der Waals surface area (Å²) in [4.78, 5) is 29.0. The Hall–Kier alpha value is -3.43. The number of aryl methyl sites for hydroxylation is 1. The van der Waals surface area contributed by atoms with Crippen LogP contribution in [0.5, 0.6) is 0 Å². The minimum atomic E-state index is -3.92. The molecular weight excluding hydrogens is 553 g/mol. The fourth-order valence-corrected chi connectivity index (χ4v) is 5.43. The van der Waals surface area contributed by atoms with Crippen molar-refractivity contribution in [2.45, 2.75) is 52.2 Å². The third kappa shape index (κ3) is 8.29. The second kappa shape index (κ2) is 13.8. The van der Waals surface area contributed by atoms with E-state index in [1.807, 2.05) is 44.2 Å². The smallest absolute Gasteiger partial charge is 0.244 e. The highest BCUT2D eigenvalue weighted by atomic mass is 35.5. The Morgan fingerprint density at radius 2 is 1.68 bits per heavy atom. The summed E-state index contributed by atoms with van der Waals surface area (Å²) in [5, 5.41) is 3.37. The fourth-order valence-electron chi connectivity index (χ4n) is 4.30. The molecular formula is C30H35ClFN3O4S. The van der Waals surface area contributed by atoms with Gasteiger partial charge in [-0.15, -0.1) is 0 Å². The first-order valence-corrected chi connectivity index (χ1v) is 15.2. The summed E-state index contributed by atoms with van der Waals surface area (Å²) in [6, 6.07) is 18.7. The number of hydrogen-bond acceptors (Lipinski definition) is 4. The van der Waals surface area contributed by atoms with Crippen molar-refractivity contribution in [3.63, 3.8) is 0 Å². The summed E-state index contributed by atoms with van der Waals surface area (Å²) in [7, 11) is -3.92. The van der Waals surface area contributed by atoms with Gasteiger partial charge in [0.15, 0.2) is 0 Å². The van der Waals surface area contributed by atoms with Crippen molar-refractivity contribution in [1.29, 1.82) is 0 Å². The number of sulfonamides is 1. The van der Waals surface area contributed by atoms with Gasteiger partial charge in [0.2, 0.25) is 21.8 Å². The molecule has 0 saturated carbocycles. The van der Waals surface area contributed by atoms with Crippen LogP contribution in [0.25, 0.3) is 0 Å². The number of carbonyl (C=O) groups is 2. The summed E-state index contributed by atoms with van der Waals surface area (Å²) < 4.78 is 41.6. The average molecular weight is 588 g/mol. The molecule has 3 aromatic rings. The van der Waals surface area contributed by atoms with Gasteiger partial charge in [-0.2, -0.15) is 0 Å². The number of anilines is 1. The number of rotatable bonds is 12. The largest absolute Gasteiger partial charge is 0.352 e. The van der Waals surface area contributed by atoms with Crippen LogP contribution in [0.4, 0.5) is 10.1 Å². The highest BCUT2D eigenvalue weighted by Gasteiger charge is 2.34. The number of carbonyl (C=O) groups excluding carboxylic acids is 2. The number of nitrogens with zero attached hydrogens (tertiary/aromatic N) is 2. The quantitative estimate of drug-likeness (QED) is 0.319. The molecule has 2 amide bonds. The average Bonchev–Trinajstić information content (AvgIpc) is 2.90. The van der Waals surface area contributed by atoms with Crippen LogP contribution in [0, 0.1) is 12.7 Å². The lowest BCUT2D eigenvalue weighted by Crippen LogP contribution is -2.54. The number of benzene rings is 3. The van der Waals surface area contributed by atoms with Gasteiger partial charge in [-0.25, -0.2) is 12.8 Å². The Labute approximate surface area is 241 Å². The van der Waals surface area contributed by atoms with E-state index in [-0.39, 0.29) is 30.3 Å². The van der Waals surface area contributed by atoms with Crippen molar-refractivity contribution in [3.8, 4) is 0 Å². The van der Waals surface area contributed by atoms with Crippen molar-refractivity contribution < 1.29 is 22.4 Å². The molecule has 3 aromatic carbocycles. The van der Waals surface area contributed by atoms with Crippen LogP contribution in [-0.2, 0) is 32.6 Å². The molecule has 0 fully saturated rings. The normalized spacial score (nSPS) is 12.8. The zero-order chi connectivity index (χ0) is 29.4. The second-order valence-electron chi connectivity index (χ2n) is 9.84. The van der Waals surface area contributed by atoms with E-state index in [0.29, 0.717) is 17.0 Å². The molecule has 0 radical (unpaired) electrons. The first-order chi connectivity index (χ1) is 18.9. The Kier molecular flexibility index (Phi) is 10.7. The summed E-state index contributed by atoms with van der Waals surface area (Å²) >= 11 is 6.08. The summed E-state index contributed by atoms with van der Waals surface area (Å²) in [5.41, 5.74) is 1.85. The SMILES string of the molecule is CC[C@H](C)NC(=O)[C@H](Cc1ccccc1)N(Cc1ccccc1F)C(=O)CN(c1ccc(Cl)cc1C)S(C)(=O)=O. The van der Waals surface area contributed by atoms with E-state index < -0.39 is 40.2 Å². The van der Waals surface area contributed by atoms with Gasteiger partial charge in [0.05, 0.1) is 11.9 Å². The van der Waals surface area contributed by atoms with E-state index in [1.54, 1.807) is 31.2 Å². The maximum Gasteiger partial charge on any atom is 0.244 e. The predicted octanol–water partition coefficient (Wildman–Crippen LogP) is 5.11. The van der Waals surface area contributed by atoms with E-state index >= 15 is 0 Å². The number of amides is 2. The monoisotopic (exact) mass is 587 g/mol. The zero-order valence-corrected chi connectivity index (χ0v) is 24.7. The molecule has 7 nitrogen and oxygen atoms in total. The molecule has 1 N–H and O–H groups in total. The van der Waals surface area contributed by atoms with Crippen LogP contribution in [0.15, 0.2) is 72.8 Å². The minimum Gasteiger partial charge on any atom is -0.352 e. The van der Waals surface area contributed by atoms with Crippen molar-refractivity contribution in [3.05, 3.63) is 100 Å². The molecule has 10 heteroatoms. The second-order valence-corrected chi connectivity index (χ2v) is 12.2. The van der Waals surface area contributed by atoms with Crippen LogP contribution in [0.2, 0.25) is 5.02 Å². The Morgan fingerprint density at radius 1 is 1.02 bits per heavy atom. The first kappa shape index (κ1) is 31.1. The highest BCUT2D eigenvalue weighted by Crippen LogP contribution is 2.26. The third-order valence-electron chi connectivity index (χ3n) is 6.68. The fraction of sp³-hybridized carbons (Fsp3) is 0.333. The van der Waals surface area contributed by atoms with Gasteiger partial charge < -0.3 is 10.2 Å². The van der Waals surface area contributed by atoms with Gasteiger partial charge in [0.1, 0.15) is 18.4 Å². The van der Waals surface area contributed by atoms with Crippen LogP contribution < -0.4 is 9.62 Å². The van der Waals surface area contributed by atoms with Crippen molar-refractivity contribution in [2.24, 2.45) is 0 Å². The van der Waals surface area contributed by atoms with Crippen molar-refractivity contribution in [2.75, 3.05) is 17.1 Å². The molecule has 214 valence electrons. The van der Waals surface area contributed by atoms with Crippen molar-refractivity contribution >= 4 is 39.1 Å². The maximum absolute atomic E-state index is 14.8. The van der Waals surface area contributed by atoms with Crippen LogP contribution in [0.1, 0.15) is 37.0 Å².